The van der Waals surface area contributed by atoms with Crippen LogP contribution in [0.25, 0.3) is 10.8 Å². The molecular weight excluding hydrogens is 426 g/mol. The molecule has 0 heterocycles. The average Bonchev–Trinajstić information content (AvgIpc) is 2.78. The molecule has 0 aliphatic carbocycles. The van der Waals surface area contributed by atoms with Crippen LogP contribution in [-0.2, 0) is 14.3 Å². The number of hydrogen-bond acceptors (Lipinski definition) is 5. The monoisotopic (exact) mass is 461 g/mol. The molecule has 0 saturated heterocycles. The Morgan fingerprint density at radius 2 is 1.62 bits per heavy atom. The Hall–Kier alpha value is -3.38. The van der Waals surface area contributed by atoms with Crippen molar-refractivity contribution in [3.8, 4) is 0 Å². The van der Waals surface area contributed by atoms with Gasteiger partial charge in [0.25, 0.3) is 0 Å². The summed E-state index contributed by atoms with van der Waals surface area (Å²) in [6, 6.07) is 20.8. The van der Waals surface area contributed by atoms with Crippen molar-refractivity contribution < 1.29 is 14.3 Å². The first-order valence-electron chi connectivity index (χ1n) is 11.8. The SMILES string of the molecule is CC(C)(C)OC(=O)C(NCCCCCC(=O)Nc1ccccc1N)c1ccc2ccccc2c1. The molecule has 180 valence electrons. The minimum atomic E-state index is -0.566. The van der Waals surface area contributed by atoms with E-state index in [1.165, 1.54) is 0 Å². The summed E-state index contributed by atoms with van der Waals surface area (Å²) < 4.78 is 5.68. The Kier molecular flexibility index (Phi) is 8.66. The molecule has 1 amide bonds. The van der Waals surface area contributed by atoms with Crippen molar-refractivity contribution in [1.29, 1.82) is 0 Å². The van der Waals surface area contributed by atoms with Gasteiger partial charge in [-0.05, 0) is 74.7 Å². The molecule has 0 radical (unpaired) electrons. The minimum Gasteiger partial charge on any atom is -0.459 e. The van der Waals surface area contributed by atoms with Gasteiger partial charge < -0.3 is 21.1 Å². The lowest BCUT2D eigenvalue weighted by molar-refractivity contribution is -0.157. The molecule has 3 rings (SSSR count). The van der Waals surface area contributed by atoms with Crippen LogP contribution in [0.3, 0.4) is 0 Å². The van der Waals surface area contributed by atoms with Gasteiger partial charge in [0.15, 0.2) is 0 Å². The number of amides is 1. The summed E-state index contributed by atoms with van der Waals surface area (Å²) in [7, 11) is 0. The van der Waals surface area contributed by atoms with E-state index in [1.54, 1.807) is 12.1 Å². The number of unbranched alkanes of at least 4 members (excludes halogenated alkanes) is 2. The zero-order chi connectivity index (χ0) is 24.6. The standard InChI is InChI=1S/C28H35N3O3/c1-28(2,3)34-27(33)26(22-17-16-20-11-6-7-12-21(20)19-22)30-18-10-4-5-15-25(32)31-24-14-9-8-13-23(24)29/h6-9,11-14,16-17,19,26,30H,4-5,10,15,18,29H2,1-3H3,(H,31,32). The number of anilines is 2. The van der Waals surface area contributed by atoms with E-state index in [2.05, 4.69) is 16.7 Å². The number of benzene rings is 3. The van der Waals surface area contributed by atoms with Crippen molar-refractivity contribution in [3.63, 3.8) is 0 Å². The molecule has 6 nitrogen and oxygen atoms in total. The molecule has 1 unspecified atom stereocenters. The van der Waals surface area contributed by atoms with E-state index in [0.717, 1.165) is 35.6 Å². The van der Waals surface area contributed by atoms with Crippen molar-refractivity contribution in [1.82, 2.24) is 5.32 Å². The lowest BCUT2D eigenvalue weighted by Gasteiger charge is -2.25. The maximum atomic E-state index is 13.0. The van der Waals surface area contributed by atoms with Gasteiger partial charge in [-0.25, -0.2) is 4.79 Å². The van der Waals surface area contributed by atoms with E-state index in [-0.39, 0.29) is 11.9 Å². The fourth-order valence-corrected chi connectivity index (χ4v) is 3.74. The van der Waals surface area contributed by atoms with Crippen LogP contribution in [-0.4, -0.2) is 24.0 Å². The second-order valence-corrected chi connectivity index (χ2v) is 9.47. The van der Waals surface area contributed by atoms with Crippen molar-refractivity contribution in [2.45, 2.75) is 58.1 Å². The van der Waals surface area contributed by atoms with Gasteiger partial charge in [0.05, 0.1) is 11.4 Å². The average molecular weight is 462 g/mol. The van der Waals surface area contributed by atoms with Crippen LogP contribution < -0.4 is 16.4 Å². The van der Waals surface area contributed by atoms with Crippen molar-refractivity contribution in [2.24, 2.45) is 0 Å². The van der Waals surface area contributed by atoms with E-state index < -0.39 is 11.6 Å². The Morgan fingerprint density at radius 3 is 2.35 bits per heavy atom. The van der Waals surface area contributed by atoms with Gasteiger partial charge in [-0.15, -0.1) is 0 Å². The summed E-state index contributed by atoms with van der Waals surface area (Å²) in [4.78, 5) is 25.1. The second-order valence-electron chi connectivity index (χ2n) is 9.47. The molecule has 0 aliphatic rings. The van der Waals surface area contributed by atoms with Crippen LogP contribution in [0.2, 0.25) is 0 Å². The molecule has 0 spiro atoms. The smallest absolute Gasteiger partial charge is 0.328 e. The summed E-state index contributed by atoms with van der Waals surface area (Å²) in [6.07, 6.45) is 2.89. The van der Waals surface area contributed by atoms with Crippen LogP contribution in [0.1, 0.15) is 58.1 Å². The Morgan fingerprint density at radius 1 is 0.912 bits per heavy atom. The molecule has 3 aromatic carbocycles. The Bertz CT molecular complexity index is 1120. The minimum absolute atomic E-state index is 0.0475. The zero-order valence-corrected chi connectivity index (χ0v) is 20.3. The highest BCUT2D eigenvalue weighted by Gasteiger charge is 2.26. The summed E-state index contributed by atoms with van der Waals surface area (Å²) in [5.74, 6) is -0.337. The molecule has 0 bridgehead atoms. The molecule has 0 aromatic heterocycles. The normalized spacial score (nSPS) is 12.3. The van der Waals surface area contributed by atoms with Crippen LogP contribution in [0.5, 0.6) is 0 Å². The molecule has 0 fully saturated rings. The summed E-state index contributed by atoms with van der Waals surface area (Å²) in [5, 5.41) is 8.43. The summed E-state index contributed by atoms with van der Waals surface area (Å²) >= 11 is 0. The highest BCUT2D eigenvalue weighted by Crippen LogP contribution is 2.23. The number of nitrogens with one attached hydrogen (secondary N) is 2. The summed E-state index contributed by atoms with van der Waals surface area (Å²) in [6.45, 7) is 6.26. The van der Waals surface area contributed by atoms with Gasteiger partial charge in [-0.1, -0.05) is 55.0 Å². The zero-order valence-electron chi connectivity index (χ0n) is 20.3. The number of esters is 1. The van der Waals surface area contributed by atoms with E-state index in [0.29, 0.717) is 24.3 Å². The molecule has 34 heavy (non-hydrogen) atoms. The van der Waals surface area contributed by atoms with Crippen LogP contribution in [0.15, 0.2) is 66.7 Å². The van der Waals surface area contributed by atoms with Crippen LogP contribution in [0, 0.1) is 0 Å². The van der Waals surface area contributed by atoms with Gasteiger partial charge >= 0.3 is 5.97 Å². The molecule has 3 aromatic rings. The molecule has 6 heteroatoms. The topological polar surface area (TPSA) is 93.4 Å². The predicted molar refractivity (Wildman–Crippen MR) is 138 cm³/mol. The molecule has 1 atom stereocenters. The number of ether oxygens (including phenoxy) is 1. The maximum Gasteiger partial charge on any atom is 0.328 e. The molecule has 0 saturated carbocycles. The van der Waals surface area contributed by atoms with Crippen molar-refractivity contribution >= 4 is 34.0 Å². The Labute approximate surface area is 201 Å². The fourth-order valence-electron chi connectivity index (χ4n) is 3.74. The number of nitrogen functional groups attached to an aromatic ring is 1. The predicted octanol–water partition coefficient (Wildman–Crippen LogP) is 5.59. The fraction of sp³-hybridized carbons (Fsp3) is 0.357. The number of nitrogens with two attached hydrogens (primary N) is 1. The lowest BCUT2D eigenvalue weighted by Crippen LogP contribution is -2.35. The lowest BCUT2D eigenvalue weighted by atomic mass is 10.0. The van der Waals surface area contributed by atoms with E-state index in [4.69, 9.17) is 10.5 Å². The van der Waals surface area contributed by atoms with Gasteiger partial charge in [0, 0.05) is 6.42 Å². The van der Waals surface area contributed by atoms with Gasteiger partial charge in [-0.2, -0.15) is 0 Å². The second kappa shape index (κ2) is 11.7. The van der Waals surface area contributed by atoms with Gasteiger partial charge in [0.2, 0.25) is 5.91 Å². The molecule has 4 N–H and O–H groups in total. The third kappa shape index (κ3) is 7.59. The van der Waals surface area contributed by atoms with Crippen LogP contribution in [0.4, 0.5) is 11.4 Å². The highest BCUT2D eigenvalue weighted by atomic mass is 16.6. The number of carbonyl (C=O) groups excluding carboxylic acids is 2. The molecule has 0 aliphatic heterocycles. The number of rotatable bonds is 10. The van der Waals surface area contributed by atoms with Gasteiger partial charge in [0.1, 0.15) is 11.6 Å². The maximum absolute atomic E-state index is 13.0. The quantitative estimate of drug-likeness (QED) is 0.208. The molecular formula is C28H35N3O3. The van der Waals surface area contributed by atoms with Crippen molar-refractivity contribution in [3.05, 3.63) is 72.3 Å². The largest absolute Gasteiger partial charge is 0.459 e. The van der Waals surface area contributed by atoms with Crippen LogP contribution >= 0.6 is 0 Å². The van der Waals surface area contributed by atoms with Gasteiger partial charge in [-0.3, -0.25) is 4.79 Å². The number of carbonyl (C=O) groups is 2. The van der Waals surface area contributed by atoms with E-state index in [9.17, 15) is 9.59 Å². The number of hydrogen-bond donors (Lipinski definition) is 3. The third-order valence-corrected chi connectivity index (χ3v) is 5.41. The highest BCUT2D eigenvalue weighted by molar-refractivity contribution is 5.93. The van der Waals surface area contributed by atoms with Crippen molar-refractivity contribution in [2.75, 3.05) is 17.6 Å². The number of fused-ring (bicyclic) bond motifs is 1. The number of para-hydroxylation sites is 2. The first-order valence-corrected chi connectivity index (χ1v) is 11.8. The summed E-state index contributed by atoms with van der Waals surface area (Å²) in [5.41, 5.74) is 7.39. The van der Waals surface area contributed by atoms with E-state index >= 15 is 0 Å². The Balaban J connectivity index is 1.52. The first kappa shape index (κ1) is 25.2. The first-order chi connectivity index (χ1) is 16.2. The van der Waals surface area contributed by atoms with E-state index in [1.807, 2.05) is 69.3 Å². The third-order valence-electron chi connectivity index (χ3n) is 5.41.